The summed E-state index contributed by atoms with van der Waals surface area (Å²) in [6.07, 6.45) is -4.41. The summed E-state index contributed by atoms with van der Waals surface area (Å²) in [5.74, 6) is -0.382. The van der Waals surface area contributed by atoms with E-state index >= 15 is 0 Å². The van der Waals surface area contributed by atoms with Crippen molar-refractivity contribution in [3.05, 3.63) is 0 Å². The van der Waals surface area contributed by atoms with Crippen molar-refractivity contribution in [3.63, 3.8) is 0 Å². The minimum Gasteiger partial charge on any atom is -0.394 e. The summed E-state index contributed by atoms with van der Waals surface area (Å²) >= 11 is 0. The second-order valence-electron chi connectivity index (χ2n) is 3.53. The van der Waals surface area contributed by atoms with Crippen LogP contribution in [0.2, 0.25) is 0 Å². The highest BCUT2D eigenvalue weighted by atomic mass is 16.5. The van der Waals surface area contributed by atoms with E-state index in [1.807, 2.05) is 0 Å². The van der Waals surface area contributed by atoms with Crippen LogP contribution in [0, 0.1) is 0 Å². The molecule has 0 aromatic carbocycles. The van der Waals surface area contributed by atoms with Crippen molar-refractivity contribution in [3.8, 4) is 0 Å². The third-order valence-corrected chi connectivity index (χ3v) is 2.33. The Morgan fingerprint density at radius 3 is 2.53 bits per heavy atom. The van der Waals surface area contributed by atoms with Crippen molar-refractivity contribution in [2.75, 3.05) is 6.61 Å². The molecular weight excluding hydrogens is 204 g/mol. The van der Waals surface area contributed by atoms with Crippen molar-refractivity contribution in [1.29, 1.82) is 0 Å². The summed E-state index contributed by atoms with van der Waals surface area (Å²) in [5.41, 5.74) is 5.53. The number of hydrogen-bond donors (Lipinski definition) is 5. The number of carbonyl (C=O) groups excluding carboxylic acids is 1. The van der Waals surface area contributed by atoms with Crippen LogP contribution in [0.1, 0.15) is 6.92 Å². The number of ether oxygens (including phenoxy) is 1. The largest absolute Gasteiger partial charge is 0.394 e. The topological polar surface area (TPSA) is 125 Å². The number of nitrogens with two attached hydrogens (primary N) is 1. The molecule has 0 bridgehead atoms. The number of carbonyl (C=O) groups is 1. The molecule has 1 rings (SSSR count). The Kier molecular flexibility index (Phi) is 4.00. The fourth-order valence-electron chi connectivity index (χ4n) is 1.55. The number of rotatable bonds is 2. The fourth-order valence-corrected chi connectivity index (χ4v) is 1.55. The van der Waals surface area contributed by atoms with Crippen molar-refractivity contribution >= 4 is 5.91 Å². The second kappa shape index (κ2) is 4.86. The summed E-state index contributed by atoms with van der Waals surface area (Å²) in [4.78, 5) is 10.8. The molecule has 7 nitrogen and oxygen atoms in total. The van der Waals surface area contributed by atoms with Crippen LogP contribution in [0.5, 0.6) is 0 Å². The number of hydrogen-bond acceptors (Lipinski definition) is 6. The van der Waals surface area contributed by atoms with Crippen molar-refractivity contribution in [2.45, 2.75) is 37.5 Å². The molecule has 1 heterocycles. The van der Waals surface area contributed by atoms with E-state index in [0.717, 1.165) is 0 Å². The molecule has 1 aliphatic rings. The zero-order valence-corrected chi connectivity index (χ0v) is 8.33. The van der Waals surface area contributed by atoms with Gasteiger partial charge in [0.05, 0.1) is 12.6 Å². The van der Waals surface area contributed by atoms with Crippen molar-refractivity contribution in [2.24, 2.45) is 5.73 Å². The lowest BCUT2D eigenvalue weighted by Gasteiger charge is -2.40. The normalized spacial score (nSPS) is 41.3. The maximum absolute atomic E-state index is 10.8. The van der Waals surface area contributed by atoms with Crippen LogP contribution < -0.4 is 11.1 Å². The number of nitrogens with one attached hydrogen (secondary N) is 1. The SMILES string of the molecule is CC(=O)N[C@H]1C(N)O[C@@H](CO)[C@@H](O)[C@@H]1O. The molecule has 1 aliphatic heterocycles. The van der Waals surface area contributed by atoms with Gasteiger partial charge in [-0.2, -0.15) is 0 Å². The third-order valence-electron chi connectivity index (χ3n) is 2.33. The minimum atomic E-state index is -1.27. The zero-order valence-electron chi connectivity index (χ0n) is 8.33. The Morgan fingerprint density at radius 2 is 2.07 bits per heavy atom. The molecule has 0 aliphatic carbocycles. The first-order valence-electron chi connectivity index (χ1n) is 4.62. The Hall–Kier alpha value is -0.730. The van der Waals surface area contributed by atoms with Gasteiger partial charge in [0.25, 0.3) is 0 Å². The van der Waals surface area contributed by atoms with Gasteiger partial charge in [0.15, 0.2) is 0 Å². The number of aliphatic hydroxyl groups excluding tert-OH is 3. The van der Waals surface area contributed by atoms with Gasteiger partial charge in [-0.25, -0.2) is 0 Å². The van der Waals surface area contributed by atoms with Crippen LogP contribution in [0.3, 0.4) is 0 Å². The van der Waals surface area contributed by atoms with Gasteiger partial charge in [-0.15, -0.1) is 0 Å². The lowest BCUT2D eigenvalue weighted by Crippen LogP contribution is -2.66. The maximum atomic E-state index is 10.8. The van der Waals surface area contributed by atoms with Gasteiger partial charge in [0.2, 0.25) is 5.91 Å². The van der Waals surface area contributed by atoms with Gasteiger partial charge in [0.1, 0.15) is 24.5 Å². The summed E-state index contributed by atoms with van der Waals surface area (Å²) in [5, 5.41) is 30.3. The van der Waals surface area contributed by atoms with Crippen molar-refractivity contribution in [1.82, 2.24) is 5.32 Å². The molecule has 0 aromatic heterocycles. The first-order valence-corrected chi connectivity index (χ1v) is 4.62. The summed E-state index contributed by atoms with van der Waals surface area (Å²) in [6.45, 7) is 0.822. The van der Waals surface area contributed by atoms with Crippen LogP contribution in [-0.4, -0.2) is 58.4 Å². The third kappa shape index (κ3) is 2.64. The molecule has 6 N–H and O–H groups in total. The molecule has 0 radical (unpaired) electrons. The average Bonchev–Trinajstić information content (AvgIpc) is 2.18. The van der Waals surface area contributed by atoms with Crippen LogP contribution in [0.4, 0.5) is 0 Å². The number of amides is 1. The summed E-state index contributed by atoms with van der Waals surface area (Å²) < 4.78 is 5.03. The lowest BCUT2D eigenvalue weighted by molar-refractivity contribution is -0.193. The van der Waals surface area contributed by atoms with Crippen LogP contribution in [0.15, 0.2) is 0 Å². The molecule has 88 valence electrons. The molecule has 0 aromatic rings. The Balaban J connectivity index is 2.70. The average molecular weight is 220 g/mol. The molecule has 5 atom stereocenters. The Bertz CT molecular complexity index is 237. The van der Waals surface area contributed by atoms with Crippen LogP contribution in [-0.2, 0) is 9.53 Å². The maximum Gasteiger partial charge on any atom is 0.217 e. The molecule has 7 heteroatoms. The Labute approximate surface area is 86.8 Å². The van der Waals surface area contributed by atoms with Gasteiger partial charge < -0.3 is 31.1 Å². The van der Waals surface area contributed by atoms with E-state index in [-0.39, 0.29) is 5.91 Å². The Morgan fingerprint density at radius 1 is 1.47 bits per heavy atom. The van der Waals surface area contributed by atoms with Crippen LogP contribution in [0.25, 0.3) is 0 Å². The molecule has 1 unspecified atom stereocenters. The summed E-state index contributed by atoms with van der Waals surface area (Å²) in [7, 11) is 0. The lowest BCUT2D eigenvalue weighted by atomic mass is 9.96. The van der Waals surface area contributed by atoms with E-state index < -0.39 is 37.2 Å². The van der Waals surface area contributed by atoms with E-state index in [0.29, 0.717) is 0 Å². The highest BCUT2D eigenvalue weighted by Gasteiger charge is 2.42. The monoisotopic (exact) mass is 220 g/mol. The van der Waals surface area contributed by atoms with Crippen molar-refractivity contribution < 1.29 is 24.9 Å². The molecule has 15 heavy (non-hydrogen) atoms. The predicted molar refractivity (Wildman–Crippen MR) is 49.6 cm³/mol. The van der Waals surface area contributed by atoms with Gasteiger partial charge in [0, 0.05) is 6.92 Å². The van der Waals surface area contributed by atoms with E-state index in [2.05, 4.69) is 5.32 Å². The molecule has 1 amide bonds. The van der Waals surface area contributed by atoms with E-state index in [1.165, 1.54) is 6.92 Å². The first-order chi connectivity index (χ1) is 6.97. The van der Waals surface area contributed by atoms with E-state index in [9.17, 15) is 15.0 Å². The summed E-state index contributed by atoms with van der Waals surface area (Å²) in [6, 6.07) is -0.875. The van der Waals surface area contributed by atoms with Crippen LogP contribution >= 0.6 is 0 Å². The van der Waals surface area contributed by atoms with E-state index in [1.54, 1.807) is 0 Å². The molecule has 1 saturated heterocycles. The van der Waals surface area contributed by atoms with E-state index in [4.69, 9.17) is 15.6 Å². The quantitative estimate of drug-likeness (QED) is 0.335. The zero-order chi connectivity index (χ0) is 11.6. The highest BCUT2D eigenvalue weighted by Crippen LogP contribution is 2.18. The second-order valence-corrected chi connectivity index (χ2v) is 3.53. The number of aliphatic hydroxyl groups is 3. The molecule has 1 fully saturated rings. The van der Waals surface area contributed by atoms with Gasteiger partial charge >= 0.3 is 0 Å². The first kappa shape index (κ1) is 12.3. The molecular formula is C8H16N2O5. The molecule has 0 spiro atoms. The van der Waals surface area contributed by atoms with Gasteiger partial charge in [-0.3, -0.25) is 4.79 Å². The highest BCUT2D eigenvalue weighted by molar-refractivity contribution is 5.73. The van der Waals surface area contributed by atoms with Gasteiger partial charge in [-0.1, -0.05) is 0 Å². The smallest absolute Gasteiger partial charge is 0.217 e. The minimum absolute atomic E-state index is 0.382. The molecule has 0 saturated carbocycles. The predicted octanol–water partition coefficient (Wildman–Crippen LogP) is -3.11. The fraction of sp³-hybridized carbons (Fsp3) is 0.875. The standard InChI is InChI=1S/C8H16N2O5/c1-3(12)10-5-7(14)6(13)4(2-11)15-8(5)9/h4-8,11,13-14H,2,9H2,1H3,(H,10,12)/t4-,5+,6+,7+,8?/m0/s1. The van der Waals surface area contributed by atoms with Gasteiger partial charge in [-0.05, 0) is 0 Å².